The van der Waals surface area contributed by atoms with Crippen LogP contribution >= 0.6 is 0 Å². The van der Waals surface area contributed by atoms with Gasteiger partial charge in [0.05, 0.1) is 0 Å². The van der Waals surface area contributed by atoms with Crippen LogP contribution in [0, 0.1) is 5.92 Å². The number of hydrogen-bond donors (Lipinski definition) is 0. The third-order valence-electron chi connectivity index (χ3n) is 3.54. The first-order valence-corrected chi connectivity index (χ1v) is 6.67. The zero-order valence-corrected chi connectivity index (χ0v) is 10.7. The van der Waals surface area contributed by atoms with Gasteiger partial charge in [0.15, 0.2) is 0 Å². The Balaban J connectivity index is 1.79. The summed E-state index contributed by atoms with van der Waals surface area (Å²) in [5.74, 6) is 2.34. The molecule has 0 heterocycles. The van der Waals surface area contributed by atoms with E-state index in [2.05, 4.69) is 49.4 Å². The van der Waals surface area contributed by atoms with Crippen molar-refractivity contribution in [3.63, 3.8) is 0 Å². The minimum Gasteiger partial charge on any atom is -0.457 e. The van der Waals surface area contributed by atoms with E-state index in [1.807, 2.05) is 6.08 Å². The van der Waals surface area contributed by atoms with E-state index >= 15 is 0 Å². The Morgan fingerprint density at radius 3 is 2.94 bits per heavy atom. The van der Waals surface area contributed by atoms with Gasteiger partial charge in [-0.15, -0.1) is 0 Å². The zero-order chi connectivity index (χ0) is 12.4. The van der Waals surface area contributed by atoms with Gasteiger partial charge in [0.25, 0.3) is 0 Å². The summed E-state index contributed by atoms with van der Waals surface area (Å²) in [6, 6.07) is 6.48. The van der Waals surface area contributed by atoms with Crippen LogP contribution in [-0.4, -0.2) is 0 Å². The second-order valence-corrected chi connectivity index (χ2v) is 5.06. The van der Waals surface area contributed by atoms with Crippen LogP contribution in [0.25, 0.3) is 0 Å². The zero-order valence-electron chi connectivity index (χ0n) is 10.7. The maximum atomic E-state index is 5.93. The van der Waals surface area contributed by atoms with Crippen molar-refractivity contribution in [1.29, 1.82) is 0 Å². The van der Waals surface area contributed by atoms with Crippen molar-refractivity contribution in [2.24, 2.45) is 5.92 Å². The van der Waals surface area contributed by atoms with Crippen molar-refractivity contribution in [2.45, 2.75) is 26.2 Å². The molecular formula is C17H18O. The fourth-order valence-corrected chi connectivity index (χ4v) is 2.51. The highest BCUT2D eigenvalue weighted by Gasteiger charge is 2.11. The number of ether oxygens (including phenoxy) is 1. The first kappa shape index (κ1) is 11.3. The number of fused-ring (bicyclic) bond motifs is 1. The van der Waals surface area contributed by atoms with E-state index in [0.29, 0.717) is 5.92 Å². The highest BCUT2D eigenvalue weighted by atomic mass is 16.5. The molecule has 0 saturated carbocycles. The molecule has 1 heteroatoms. The fourth-order valence-electron chi connectivity index (χ4n) is 2.51. The molecule has 1 aromatic carbocycles. The lowest BCUT2D eigenvalue weighted by molar-refractivity contribution is 0.444. The molecule has 1 atom stereocenters. The maximum Gasteiger partial charge on any atom is 0.127 e. The van der Waals surface area contributed by atoms with Crippen molar-refractivity contribution in [1.82, 2.24) is 0 Å². The molecule has 0 spiro atoms. The van der Waals surface area contributed by atoms with E-state index in [4.69, 9.17) is 4.74 Å². The third kappa shape index (κ3) is 2.40. The molecule has 0 bridgehead atoms. The predicted molar refractivity (Wildman–Crippen MR) is 74.6 cm³/mol. The first-order chi connectivity index (χ1) is 8.81. The normalized spacial score (nSPS) is 21.4. The molecule has 2 aliphatic carbocycles. The molecule has 2 aliphatic rings. The summed E-state index contributed by atoms with van der Waals surface area (Å²) in [6.07, 6.45) is 14.1. The topological polar surface area (TPSA) is 9.23 Å². The molecule has 1 unspecified atom stereocenters. The monoisotopic (exact) mass is 238 g/mol. The second kappa shape index (κ2) is 4.85. The SMILES string of the molecule is CC1C=CC=C(Oc2ccc3c(c2)CCC3)C=C1. The molecule has 92 valence electrons. The average molecular weight is 238 g/mol. The molecule has 1 aromatic rings. The van der Waals surface area contributed by atoms with E-state index in [1.54, 1.807) is 0 Å². The average Bonchev–Trinajstić information content (AvgIpc) is 2.74. The molecule has 0 saturated heterocycles. The van der Waals surface area contributed by atoms with Gasteiger partial charge >= 0.3 is 0 Å². The Hall–Kier alpha value is -1.76. The molecule has 0 aliphatic heterocycles. The number of rotatable bonds is 2. The third-order valence-corrected chi connectivity index (χ3v) is 3.54. The first-order valence-electron chi connectivity index (χ1n) is 6.67. The lowest BCUT2D eigenvalue weighted by Gasteiger charge is -2.08. The van der Waals surface area contributed by atoms with Crippen LogP contribution in [0.2, 0.25) is 0 Å². The highest BCUT2D eigenvalue weighted by Crippen LogP contribution is 2.27. The summed E-state index contributed by atoms with van der Waals surface area (Å²) in [5.41, 5.74) is 2.94. The van der Waals surface area contributed by atoms with Gasteiger partial charge in [0.1, 0.15) is 11.5 Å². The van der Waals surface area contributed by atoms with Crippen LogP contribution in [0.15, 0.2) is 54.3 Å². The van der Waals surface area contributed by atoms with E-state index in [0.717, 1.165) is 11.5 Å². The van der Waals surface area contributed by atoms with Gasteiger partial charge < -0.3 is 4.74 Å². The predicted octanol–water partition coefficient (Wildman–Crippen LogP) is 4.20. The standard InChI is InChI=1S/C17H18O/c1-13-4-2-7-16(10-8-13)18-17-11-9-14-5-3-6-15(14)12-17/h2,4,7-13H,3,5-6H2,1H3. The minimum atomic E-state index is 0.474. The van der Waals surface area contributed by atoms with Gasteiger partial charge in [-0.05, 0) is 60.6 Å². The van der Waals surface area contributed by atoms with Crippen molar-refractivity contribution >= 4 is 0 Å². The van der Waals surface area contributed by atoms with Crippen LogP contribution in [0.3, 0.4) is 0 Å². The van der Waals surface area contributed by atoms with Gasteiger partial charge in [-0.3, -0.25) is 0 Å². The molecule has 3 rings (SSSR count). The van der Waals surface area contributed by atoms with Crippen molar-refractivity contribution in [2.75, 3.05) is 0 Å². The van der Waals surface area contributed by atoms with Crippen molar-refractivity contribution < 1.29 is 4.74 Å². The summed E-state index contributed by atoms with van der Waals surface area (Å²) < 4.78 is 5.93. The molecule has 0 fully saturated rings. The van der Waals surface area contributed by atoms with Crippen LogP contribution in [0.5, 0.6) is 5.75 Å². The van der Waals surface area contributed by atoms with Crippen LogP contribution < -0.4 is 4.74 Å². The maximum absolute atomic E-state index is 5.93. The Kier molecular flexibility index (Phi) is 3.06. The van der Waals surface area contributed by atoms with E-state index in [-0.39, 0.29) is 0 Å². The van der Waals surface area contributed by atoms with E-state index in [1.165, 1.54) is 30.4 Å². The molecule has 18 heavy (non-hydrogen) atoms. The Labute approximate surface area is 108 Å². The van der Waals surface area contributed by atoms with E-state index in [9.17, 15) is 0 Å². The lowest BCUT2D eigenvalue weighted by Crippen LogP contribution is -1.93. The number of aryl methyl sites for hydroxylation is 2. The van der Waals surface area contributed by atoms with Gasteiger partial charge in [0.2, 0.25) is 0 Å². The van der Waals surface area contributed by atoms with Gasteiger partial charge in [-0.1, -0.05) is 31.2 Å². The number of benzene rings is 1. The van der Waals surface area contributed by atoms with Gasteiger partial charge in [0, 0.05) is 0 Å². The summed E-state index contributed by atoms with van der Waals surface area (Å²) in [4.78, 5) is 0. The second-order valence-electron chi connectivity index (χ2n) is 5.06. The minimum absolute atomic E-state index is 0.474. The summed E-state index contributed by atoms with van der Waals surface area (Å²) in [6.45, 7) is 2.17. The molecule has 1 nitrogen and oxygen atoms in total. The quantitative estimate of drug-likeness (QED) is 0.750. The van der Waals surface area contributed by atoms with Crippen molar-refractivity contribution in [3.05, 3.63) is 65.5 Å². The lowest BCUT2D eigenvalue weighted by atomic mass is 10.1. The molecule has 0 aromatic heterocycles. The van der Waals surface area contributed by atoms with Crippen LogP contribution in [0.4, 0.5) is 0 Å². The summed E-state index contributed by atoms with van der Waals surface area (Å²) in [7, 11) is 0. The van der Waals surface area contributed by atoms with Gasteiger partial charge in [-0.2, -0.15) is 0 Å². The molecule has 0 amide bonds. The smallest absolute Gasteiger partial charge is 0.127 e. The van der Waals surface area contributed by atoms with Crippen LogP contribution in [0.1, 0.15) is 24.5 Å². The molecular weight excluding hydrogens is 220 g/mol. The summed E-state index contributed by atoms with van der Waals surface area (Å²) in [5, 5.41) is 0. The Bertz CT molecular complexity index is 535. The molecule has 0 radical (unpaired) electrons. The highest BCUT2D eigenvalue weighted by molar-refractivity contribution is 5.40. The largest absolute Gasteiger partial charge is 0.457 e. The molecule has 0 N–H and O–H groups in total. The van der Waals surface area contributed by atoms with Crippen molar-refractivity contribution in [3.8, 4) is 5.75 Å². The Morgan fingerprint density at radius 1 is 1.11 bits per heavy atom. The fraction of sp³-hybridized carbons (Fsp3) is 0.294. The van der Waals surface area contributed by atoms with E-state index < -0.39 is 0 Å². The number of hydrogen-bond acceptors (Lipinski definition) is 1. The Morgan fingerprint density at radius 2 is 2.00 bits per heavy atom. The number of allylic oxidation sites excluding steroid dienone is 5. The van der Waals surface area contributed by atoms with Crippen LogP contribution in [-0.2, 0) is 12.8 Å². The van der Waals surface area contributed by atoms with Gasteiger partial charge in [-0.25, -0.2) is 0 Å². The summed E-state index contributed by atoms with van der Waals surface area (Å²) >= 11 is 0.